The van der Waals surface area contributed by atoms with Crippen LogP contribution in [0.1, 0.15) is 48.7 Å². The second kappa shape index (κ2) is 12.9. The molecule has 45 heavy (non-hydrogen) atoms. The van der Waals surface area contributed by atoms with Gasteiger partial charge in [0.15, 0.2) is 11.6 Å². The van der Waals surface area contributed by atoms with Crippen LogP contribution in [0.3, 0.4) is 0 Å². The Morgan fingerprint density at radius 2 is 1.84 bits per heavy atom. The minimum atomic E-state index is -3.56. The number of nitrogens with zero attached hydrogens (tertiary/aromatic N) is 5. The summed E-state index contributed by atoms with van der Waals surface area (Å²) in [6, 6.07) is 15.1. The van der Waals surface area contributed by atoms with Gasteiger partial charge >= 0.3 is 0 Å². The molecule has 0 bridgehead atoms. The van der Waals surface area contributed by atoms with Gasteiger partial charge in [0.2, 0.25) is 10.0 Å². The number of nitrogens with one attached hydrogen (secondary N) is 2. The quantitative estimate of drug-likeness (QED) is 0.135. The molecule has 0 saturated carbocycles. The highest BCUT2D eigenvalue weighted by molar-refractivity contribution is 7.92. The van der Waals surface area contributed by atoms with Crippen LogP contribution in [0.2, 0.25) is 0 Å². The number of methoxy groups -OCH3 is 1. The number of aromatic nitrogens is 3. The third-order valence-electron chi connectivity index (χ3n) is 7.15. The van der Waals surface area contributed by atoms with Gasteiger partial charge in [0, 0.05) is 24.2 Å². The van der Waals surface area contributed by atoms with E-state index in [-0.39, 0.29) is 5.41 Å². The van der Waals surface area contributed by atoms with Crippen LogP contribution in [-0.2, 0) is 15.4 Å². The van der Waals surface area contributed by atoms with Crippen molar-refractivity contribution in [3.8, 4) is 11.6 Å². The average molecular weight is 629 g/mol. The minimum absolute atomic E-state index is 0.274. The lowest BCUT2D eigenvalue weighted by Gasteiger charge is -2.25. The van der Waals surface area contributed by atoms with Crippen LogP contribution in [0.4, 0.5) is 17.1 Å². The van der Waals surface area contributed by atoms with Crippen LogP contribution < -0.4 is 25.5 Å². The summed E-state index contributed by atoms with van der Waals surface area (Å²) in [5.74, 6) is 1.03. The molecule has 0 aliphatic rings. The summed E-state index contributed by atoms with van der Waals surface area (Å²) in [5, 5.41) is 13.6. The van der Waals surface area contributed by atoms with Crippen LogP contribution in [0.25, 0.3) is 17.2 Å². The van der Waals surface area contributed by atoms with Crippen molar-refractivity contribution < 1.29 is 13.2 Å². The Labute approximate surface area is 265 Å². The number of pyridine rings is 1. The normalized spacial score (nSPS) is 12.0. The van der Waals surface area contributed by atoms with E-state index in [2.05, 4.69) is 38.5 Å². The first kappa shape index (κ1) is 32.8. The monoisotopic (exact) mass is 628 g/mol. The van der Waals surface area contributed by atoms with Crippen molar-refractivity contribution in [3.63, 3.8) is 0 Å². The Morgan fingerprint density at radius 1 is 1.13 bits per heavy atom. The number of hydrogen-bond acceptors (Lipinski definition) is 9. The summed E-state index contributed by atoms with van der Waals surface area (Å²) in [4.78, 5) is 4.37. The molecule has 0 amide bonds. The third-order valence-corrected chi connectivity index (χ3v) is 7.74. The summed E-state index contributed by atoms with van der Waals surface area (Å²) in [7, 11) is -2.07. The Hall–Kier alpha value is -5.10. The summed E-state index contributed by atoms with van der Waals surface area (Å²) < 4.78 is 34.3. The molecule has 0 aliphatic carbocycles. The predicted molar refractivity (Wildman–Crippen MR) is 184 cm³/mol. The fourth-order valence-electron chi connectivity index (χ4n) is 4.72. The molecular formula is C33H40N8O3S. The predicted octanol–water partition coefficient (Wildman–Crippen LogP) is 6.02. The van der Waals surface area contributed by atoms with Crippen LogP contribution in [0.5, 0.6) is 5.75 Å². The first-order chi connectivity index (χ1) is 21.1. The number of hydrazone groups is 1. The van der Waals surface area contributed by atoms with Crippen LogP contribution in [0.15, 0.2) is 78.8 Å². The fourth-order valence-corrected chi connectivity index (χ4v) is 5.27. The maximum Gasteiger partial charge on any atom is 0.229 e. The number of anilines is 3. The highest BCUT2D eigenvalue weighted by Crippen LogP contribution is 2.40. The molecule has 4 aromatic rings. The maximum atomic E-state index is 12.2. The van der Waals surface area contributed by atoms with E-state index in [1.54, 1.807) is 34.4 Å². The molecule has 2 aromatic heterocycles. The Balaban J connectivity index is 1.68. The van der Waals surface area contributed by atoms with Crippen molar-refractivity contribution in [1.29, 1.82) is 0 Å². The smallest absolute Gasteiger partial charge is 0.229 e. The summed E-state index contributed by atoms with van der Waals surface area (Å²) in [6.07, 6.45) is 6.20. The number of benzene rings is 2. The number of hydrogen-bond donors (Lipinski definition) is 3. The molecule has 0 unspecified atom stereocenters. The van der Waals surface area contributed by atoms with E-state index in [4.69, 9.17) is 10.5 Å². The highest BCUT2D eigenvalue weighted by atomic mass is 32.2. The zero-order chi connectivity index (χ0) is 33.1. The van der Waals surface area contributed by atoms with Crippen LogP contribution in [0, 0.1) is 13.8 Å². The molecule has 0 aliphatic heterocycles. The average Bonchev–Trinajstić information content (AvgIpc) is 3.36. The second-order valence-electron chi connectivity index (χ2n) is 11.6. The maximum absolute atomic E-state index is 12.2. The Bertz CT molecular complexity index is 1870. The van der Waals surface area contributed by atoms with E-state index in [0.717, 1.165) is 39.9 Å². The molecule has 0 fully saturated rings. The minimum Gasteiger partial charge on any atom is -0.492 e. The SMILES string of the molecule is C=NN(/C=C(\N)c1cnn(-c2ccccn2)c1C)c1cc(C(=C)Nc2cc(C(C)(C)C)cc(NS(C)(=O)=O)c2OC)ccc1C. The van der Waals surface area contributed by atoms with Crippen LogP contribution in [-0.4, -0.2) is 43.3 Å². The van der Waals surface area contributed by atoms with Gasteiger partial charge in [0.25, 0.3) is 0 Å². The lowest BCUT2D eigenvalue weighted by Crippen LogP contribution is -2.16. The number of nitrogens with two attached hydrogens (primary N) is 1. The van der Waals surface area contributed by atoms with Gasteiger partial charge in [0.1, 0.15) is 0 Å². The molecule has 4 N–H and O–H groups in total. The number of aryl methyl sites for hydroxylation is 1. The zero-order valence-electron chi connectivity index (χ0n) is 26.7. The molecule has 0 radical (unpaired) electrons. The van der Waals surface area contributed by atoms with E-state index >= 15 is 0 Å². The molecule has 2 aromatic carbocycles. The van der Waals surface area contributed by atoms with Gasteiger partial charge in [-0.15, -0.1) is 0 Å². The Morgan fingerprint density at radius 3 is 2.44 bits per heavy atom. The third kappa shape index (κ3) is 7.52. The van der Waals surface area contributed by atoms with E-state index in [1.165, 1.54) is 7.11 Å². The molecule has 4 rings (SSSR count). The summed E-state index contributed by atoms with van der Waals surface area (Å²) in [6.45, 7) is 18.1. The van der Waals surface area contributed by atoms with E-state index < -0.39 is 10.0 Å². The van der Waals surface area contributed by atoms with Gasteiger partial charge < -0.3 is 15.8 Å². The van der Waals surface area contributed by atoms with E-state index in [0.29, 0.717) is 34.3 Å². The van der Waals surface area contributed by atoms with Gasteiger partial charge in [0.05, 0.1) is 54.2 Å². The van der Waals surface area contributed by atoms with Crippen molar-refractivity contribution in [2.45, 2.75) is 40.0 Å². The standard InChI is InChI=1S/C33H40N8O3S/c1-21-13-14-24(22(2)38-28-17-25(33(4,5)6)18-29(32(28)44-8)39-45(9,42)43)16-30(21)40(35-7)20-27(34)26-19-37-41(23(26)3)31-12-10-11-15-36-31/h10-20,38-39H,2,7,34H2,1,3-6,8-9H3/b27-20-. The van der Waals surface area contributed by atoms with Crippen molar-refractivity contribution in [2.75, 3.05) is 28.4 Å². The van der Waals surface area contributed by atoms with E-state index in [1.807, 2.05) is 77.1 Å². The van der Waals surface area contributed by atoms with Crippen molar-refractivity contribution >= 4 is 45.2 Å². The summed E-state index contributed by atoms with van der Waals surface area (Å²) in [5.41, 5.74) is 13.1. The zero-order valence-corrected chi connectivity index (χ0v) is 27.5. The second-order valence-corrected chi connectivity index (χ2v) is 13.4. The van der Waals surface area contributed by atoms with Crippen molar-refractivity contribution in [3.05, 3.63) is 102 Å². The molecule has 236 valence electrons. The lowest BCUT2D eigenvalue weighted by atomic mass is 9.86. The molecule has 2 heterocycles. The highest BCUT2D eigenvalue weighted by Gasteiger charge is 2.22. The van der Waals surface area contributed by atoms with Gasteiger partial charge in [-0.3, -0.25) is 4.72 Å². The molecule has 0 saturated heterocycles. The molecule has 12 heteroatoms. The fraction of sp³-hybridized carbons (Fsp3) is 0.242. The number of ether oxygens (including phenoxy) is 1. The molecule has 0 atom stereocenters. The van der Waals surface area contributed by atoms with Gasteiger partial charge in [-0.1, -0.05) is 45.5 Å². The summed E-state index contributed by atoms with van der Waals surface area (Å²) >= 11 is 0. The van der Waals surface area contributed by atoms with Gasteiger partial charge in [-0.05, 0) is 66.3 Å². The van der Waals surface area contributed by atoms with E-state index in [9.17, 15) is 8.42 Å². The van der Waals surface area contributed by atoms with Gasteiger partial charge in [-0.2, -0.15) is 10.2 Å². The van der Waals surface area contributed by atoms with Crippen molar-refractivity contribution in [2.24, 2.45) is 10.8 Å². The largest absolute Gasteiger partial charge is 0.492 e. The topological polar surface area (TPSA) is 140 Å². The molecular weight excluding hydrogens is 588 g/mol. The lowest BCUT2D eigenvalue weighted by molar-refractivity contribution is 0.418. The number of rotatable bonds is 11. The van der Waals surface area contributed by atoms with Gasteiger partial charge in [-0.25, -0.2) is 23.1 Å². The molecule has 0 spiro atoms. The van der Waals surface area contributed by atoms with Crippen molar-refractivity contribution in [1.82, 2.24) is 14.8 Å². The first-order valence-electron chi connectivity index (χ1n) is 14.1. The first-order valence-corrected chi connectivity index (χ1v) is 16.0. The Kier molecular flexibility index (Phi) is 9.38. The number of sulfonamides is 1. The molecule has 11 nitrogen and oxygen atoms in total. The van der Waals surface area contributed by atoms with Crippen LogP contribution >= 0.6 is 0 Å².